The summed E-state index contributed by atoms with van der Waals surface area (Å²) in [4.78, 5) is 16.6. The van der Waals surface area contributed by atoms with Crippen LogP contribution in [0.3, 0.4) is 0 Å². The molecular formula is C18H10ClFN2O2S. The molecule has 2 aromatic heterocycles. The van der Waals surface area contributed by atoms with Crippen LogP contribution in [-0.2, 0) is 0 Å². The molecule has 2 heterocycles. The van der Waals surface area contributed by atoms with Crippen LogP contribution in [0.5, 0.6) is 0 Å². The minimum Gasteiger partial charge on any atom is -0.422 e. The van der Waals surface area contributed by atoms with Crippen LogP contribution in [0.4, 0.5) is 15.2 Å². The van der Waals surface area contributed by atoms with Gasteiger partial charge in [0.05, 0.1) is 11.3 Å². The normalized spacial score (nSPS) is 11.0. The summed E-state index contributed by atoms with van der Waals surface area (Å²) in [6, 6.07) is 12.7. The molecule has 25 heavy (non-hydrogen) atoms. The number of rotatable bonds is 3. The van der Waals surface area contributed by atoms with Gasteiger partial charge >= 0.3 is 5.63 Å². The van der Waals surface area contributed by atoms with Gasteiger partial charge in [0.1, 0.15) is 11.4 Å². The zero-order valence-corrected chi connectivity index (χ0v) is 14.2. The third-order valence-electron chi connectivity index (χ3n) is 3.57. The van der Waals surface area contributed by atoms with E-state index in [1.165, 1.54) is 23.5 Å². The molecule has 1 N–H and O–H groups in total. The molecular weight excluding hydrogens is 363 g/mol. The predicted octanol–water partition coefficient (Wildman–Crippen LogP) is 5.45. The predicted molar refractivity (Wildman–Crippen MR) is 98.3 cm³/mol. The highest BCUT2D eigenvalue weighted by molar-refractivity contribution is 7.14. The first-order valence-corrected chi connectivity index (χ1v) is 8.56. The van der Waals surface area contributed by atoms with E-state index in [0.717, 1.165) is 5.39 Å². The Morgan fingerprint density at radius 2 is 1.92 bits per heavy atom. The Balaban J connectivity index is 1.69. The van der Waals surface area contributed by atoms with E-state index in [9.17, 15) is 9.18 Å². The number of thiazole rings is 1. The summed E-state index contributed by atoms with van der Waals surface area (Å²) in [6.07, 6.45) is 0. The molecule has 4 aromatic rings. The van der Waals surface area contributed by atoms with Gasteiger partial charge in [-0.1, -0.05) is 11.6 Å². The van der Waals surface area contributed by atoms with E-state index in [-0.39, 0.29) is 5.82 Å². The topological polar surface area (TPSA) is 55.1 Å². The highest BCUT2D eigenvalue weighted by Crippen LogP contribution is 2.28. The number of hydrogen-bond acceptors (Lipinski definition) is 5. The Morgan fingerprint density at radius 1 is 1.12 bits per heavy atom. The maximum Gasteiger partial charge on any atom is 0.345 e. The van der Waals surface area contributed by atoms with Crippen LogP contribution in [0.1, 0.15) is 0 Å². The molecule has 0 atom stereocenters. The number of nitrogens with zero attached hydrogens (tertiary/aromatic N) is 1. The Labute approximate surface area is 150 Å². The average molecular weight is 373 g/mol. The van der Waals surface area contributed by atoms with Crippen LogP contribution in [0.25, 0.3) is 22.2 Å². The number of aromatic nitrogens is 1. The zero-order chi connectivity index (χ0) is 17.4. The van der Waals surface area contributed by atoms with Crippen molar-refractivity contribution < 1.29 is 8.81 Å². The molecule has 124 valence electrons. The fraction of sp³-hybridized carbons (Fsp3) is 0. The second-order valence-corrected chi connectivity index (χ2v) is 6.59. The van der Waals surface area contributed by atoms with E-state index >= 15 is 0 Å². The first-order chi connectivity index (χ1) is 12.1. The number of fused-ring (bicyclic) bond motifs is 1. The average Bonchev–Trinajstić information content (AvgIpc) is 3.05. The lowest BCUT2D eigenvalue weighted by molar-refractivity contribution is 0.563. The van der Waals surface area contributed by atoms with Gasteiger partial charge in [-0.2, -0.15) is 0 Å². The van der Waals surface area contributed by atoms with Crippen molar-refractivity contribution in [1.82, 2.24) is 4.98 Å². The van der Waals surface area contributed by atoms with Crippen molar-refractivity contribution in [2.24, 2.45) is 0 Å². The lowest BCUT2D eigenvalue weighted by Crippen LogP contribution is -2.03. The third kappa shape index (κ3) is 3.26. The second-order valence-electron chi connectivity index (χ2n) is 5.30. The second kappa shape index (κ2) is 6.31. The summed E-state index contributed by atoms with van der Waals surface area (Å²) in [7, 11) is 0. The van der Waals surface area contributed by atoms with Crippen molar-refractivity contribution in [3.05, 3.63) is 75.2 Å². The Kier molecular flexibility index (Phi) is 3.99. The monoisotopic (exact) mass is 372 g/mol. The van der Waals surface area contributed by atoms with E-state index in [0.29, 0.717) is 32.7 Å². The van der Waals surface area contributed by atoms with Gasteiger partial charge in [0.15, 0.2) is 5.13 Å². The number of benzene rings is 2. The van der Waals surface area contributed by atoms with Gasteiger partial charge in [0, 0.05) is 21.5 Å². The molecule has 0 unspecified atom stereocenters. The first-order valence-electron chi connectivity index (χ1n) is 7.30. The van der Waals surface area contributed by atoms with Crippen molar-refractivity contribution in [3.8, 4) is 11.3 Å². The van der Waals surface area contributed by atoms with Gasteiger partial charge in [0.25, 0.3) is 0 Å². The van der Waals surface area contributed by atoms with Crippen molar-refractivity contribution in [2.45, 2.75) is 0 Å². The third-order valence-corrected chi connectivity index (χ3v) is 4.56. The maximum atomic E-state index is 13.0. The lowest BCUT2D eigenvalue weighted by atomic mass is 10.1. The Morgan fingerprint density at radius 3 is 2.72 bits per heavy atom. The van der Waals surface area contributed by atoms with Crippen molar-refractivity contribution in [2.75, 3.05) is 5.32 Å². The van der Waals surface area contributed by atoms with Gasteiger partial charge in [-0.05, 0) is 48.5 Å². The fourth-order valence-electron chi connectivity index (χ4n) is 2.38. The van der Waals surface area contributed by atoms with Crippen LogP contribution in [0.15, 0.2) is 63.1 Å². The minimum atomic E-state index is -0.464. The number of nitrogens with one attached hydrogen (secondary N) is 1. The molecule has 7 heteroatoms. The molecule has 0 fully saturated rings. The first kappa shape index (κ1) is 15.8. The van der Waals surface area contributed by atoms with Crippen molar-refractivity contribution in [1.29, 1.82) is 0 Å². The van der Waals surface area contributed by atoms with Crippen LogP contribution >= 0.6 is 22.9 Å². The minimum absolute atomic E-state index is 0.308. The van der Waals surface area contributed by atoms with Crippen LogP contribution in [0.2, 0.25) is 5.02 Å². The van der Waals surface area contributed by atoms with E-state index in [2.05, 4.69) is 10.3 Å². The van der Waals surface area contributed by atoms with Gasteiger partial charge in [-0.3, -0.25) is 0 Å². The zero-order valence-electron chi connectivity index (χ0n) is 12.6. The molecule has 4 rings (SSSR count). The van der Waals surface area contributed by atoms with E-state index in [1.807, 2.05) is 0 Å². The number of anilines is 2. The molecule has 0 spiro atoms. The quantitative estimate of drug-likeness (QED) is 0.486. The molecule has 0 aliphatic heterocycles. The smallest absolute Gasteiger partial charge is 0.345 e. The molecule has 0 saturated heterocycles. The molecule has 0 radical (unpaired) electrons. The highest BCUT2D eigenvalue weighted by atomic mass is 35.5. The standard InChI is InChI=1S/C18H10ClFN2O2S/c19-11-1-6-16-10(7-11)8-14(17(23)24-16)15-9-25-18(22-15)21-13-4-2-12(20)3-5-13/h1-9H,(H,21,22). The van der Waals surface area contributed by atoms with Crippen molar-refractivity contribution in [3.63, 3.8) is 0 Å². The largest absolute Gasteiger partial charge is 0.422 e. The summed E-state index contributed by atoms with van der Waals surface area (Å²) in [6.45, 7) is 0. The molecule has 0 aliphatic carbocycles. The van der Waals surface area contributed by atoms with Gasteiger partial charge in [0.2, 0.25) is 0 Å². The van der Waals surface area contributed by atoms with E-state index in [1.54, 1.807) is 41.8 Å². The summed E-state index contributed by atoms with van der Waals surface area (Å²) in [5, 5.41) is 6.71. The van der Waals surface area contributed by atoms with E-state index in [4.69, 9.17) is 16.0 Å². The van der Waals surface area contributed by atoms with E-state index < -0.39 is 5.63 Å². The summed E-state index contributed by atoms with van der Waals surface area (Å²) >= 11 is 7.33. The van der Waals surface area contributed by atoms with Crippen molar-refractivity contribution >= 4 is 44.7 Å². The van der Waals surface area contributed by atoms with Gasteiger partial charge in [-0.15, -0.1) is 11.3 Å². The van der Waals surface area contributed by atoms with Crippen LogP contribution in [0, 0.1) is 5.82 Å². The number of halogens is 2. The molecule has 0 amide bonds. The summed E-state index contributed by atoms with van der Waals surface area (Å²) in [5.41, 5.74) is 1.58. The Bertz CT molecular complexity index is 1120. The highest BCUT2D eigenvalue weighted by Gasteiger charge is 2.12. The maximum absolute atomic E-state index is 13.0. The Hall–Kier alpha value is -2.70. The van der Waals surface area contributed by atoms with Gasteiger partial charge in [-0.25, -0.2) is 14.2 Å². The van der Waals surface area contributed by atoms with Gasteiger partial charge < -0.3 is 9.73 Å². The molecule has 4 nitrogen and oxygen atoms in total. The molecule has 2 aromatic carbocycles. The summed E-state index contributed by atoms with van der Waals surface area (Å²) in [5.74, 6) is -0.308. The SMILES string of the molecule is O=c1oc2ccc(Cl)cc2cc1-c1csc(Nc2ccc(F)cc2)n1. The molecule has 0 bridgehead atoms. The van der Waals surface area contributed by atoms with Crippen LogP contribution < -0.4 is 10.9 Å². The fourth-order valence-corrected chi connectivity index (χ4v) is 3.30. The van der Waals surface area contributed by atoms with Crippen LogP contribution in [-0.4, -0.2) is 4.98 Å². The molecule has 0 saturated carbocycles. The number of hydrogen-bond donors (Lipinski definition) is 1. The molecule has 0 aliphatic rings. The summed E-state index contributed by atoms with van der Waals surface area (Å²) < 4.78 is 18.3. The lowest BCUT2D eigenvalue weighted by Gasteiger charge is -2.02.